The summed E-state index contributed by atoms with van der Waals surface area (Å²) in [5.74, 6) is 2.53. The Kier molecular flexibility index (Phi) is 8.09. The third-order valence-electron chi connectivity index (χ3n) is 4.54. The summed E-state index contributed by atoms with van der Waals surface area (Å²) in [6.07, 6.45) is 1.51. The molecule has 0 aliphatic heterocycles. The van der Waals surface area contributed by atoms with E-state index in [1.165, 1.54) is 18.0 Å². The van der Waals surface area contributed by atoms with E-state index < -0.39 is 0 Å². The number of methoxy groups -OCH3 is 3. The summed E-state index contributed by atoms with van der Waals surface area (Å²) >= 11 is 1.30. The maximum absolute atomic E-state index is 12.3. The molecule has 9 nitrogen and oxygen atoms in total. The molecule has 0 saturated heterocycles. The van der Waals surface area contributed by atoms with Crippen molar-refractivity contribution in [2.45, 2.75) is 18.6 Å². The maximum Gasteiger partial charge on any atom is 0.250 e. The van der Waals surface area contributed by atoms with Gasteiger partial charge in [-0.1, -0.05) is 17.8 Å². The first-order valence-corrected chi connectivity index (χ1v) is 10.8. The van der Waals surface area contributed by atoms with E-state index in [9.17, 15) is 4.79 Å². The molecule has 3 aromatic rings. The van der Waals surface area contributed by atoms with Gasteiger partial charge in [0.25, 0.3) is 5.91 Å². The van der Waals surface area contributed by atoms with Gasteiger partial charge >= 0.3 is 0 Å². The zero-order chi connectivity index (χ0) is 22.9. The van der Waals surface area contributed by atoms with E-state index in [4.69, 9.17) is 14.2 Å². The summed E-state index contributed by atoms with van der Waals surface area (Å²) < 4.78 is 17.8. The largest absolute Gasteiger partial charge is 0.497 e. The summed E-state index contributed by atoms with van der Waals surface area (Å²) in [6, 6.07) is 13.0. The van der Waals surface area contributed by atoms with E-state index >= 15 is 0 Å². The van der Waals surface area contributed by atoms with E-state index in [-0.39, 0.29) is 11.7 Å². The molecule has 0 aliphatic carbocycles. The highest BCUT2D eigenvalue weighted by molar-refractivity contribution is 7.99. The predicted molar refractivity (Wildman–Crippen MR) is 124 cm³/mol. The number of benzene rings is 2. The lowest BCUT2D eigenvalue weighted by atomic mass is 10.2. The number of ether oxygens (including phenoxy) is 3. The molecule has 1 N–H and O–H groups in total. The van der Waals surface area contributed by atoms with Gasteiger partial charge in [-0.3, -0.25) is 4.79 Å². The van der Waals surface area contributed by atoms with Gasteiger partial charge in [-0.25, -0.2) is 5.43 Å². The minimum absolute atomic E-state index is 0.146. The van der Waals surface area contributed by atoms with E-state index in [0.717, 1.165) is 17.1 Å². The Hall–Kier alpha value is -3.53. The van der Waals surface area contributed by atoms with Gasteiger partial charge < -0.3 is 18.8 Å². The van der Waals surface area contributed by atoms with Crippen LogP contribution in [0.5, 0.6) is 17.2 Å². The van der Waals surface area contributed by atoms with E-state index in [2.05, 4.69) is 20.7 Å². The van der Waals surface area contributed by atoms with Crippen LogP contribution in [0.3, 0.4) is 0 Å². The Morgan fingerprint density at radius 1 is 1.09 bits per heavy atom. The van der Waals surface area contributed by atoms with Crippen LogP contribution in [0.4, 0.5) is 0 Å². The molecule has 0 fully saturated rings. The third kappa shape index (κ3) is 5.38. The number of rotatable bonds is 10. The van der Waals surface area contributed by atoms with Gasteiger partial charge in [-0.05, 0) is 43.3 Å². The smallest absolute Gasteiger partial charge is 0.250 e. The number of hydrogen-bond donors (Lipinski definition) is 1. The van der Waals surface area contributed by atoms with Crippen molar-refractivity contribution < 1.29 is 19.0 Å². The molecule has 2 aromatic carbocycles. The van der Waals surface area contributed by atoms with Crippen LogP contribution in [-0.4, -0.2) is 54.0 Å². The molecule has 1 aromatic heterocycles. The number of nitrogens with one attached hydrogen (secondary N) is 1. The van der Waals surface area contributed by atoms with Gasteiger partial charge in [-0.2, -0.15) is 5.10 Å². The van der Waals surface area contributed by atoms with Crippen molar-refractivity contribution in [3.05, 3.63) is 48.0 Å². The second-order valence-corrected chi connectivity index (χ2v) is 7.39. The van der Waals surface area contributed by atoms with Crippen molar-refractivity contribution in [3.8, 4) is 28.6 Å². The minimum atomic E-state index is -0.259. The molecule has 0 unspecified atom stereocenters. The average molecular weight is 456 g/mol. The van der Waals surface area contributed by atoms with Crippen LogP contribution in [0.25, 0.3) is 11.4 Å². The molecule has 0 radical (unpaired) electrons. The van der Waals surface area contributed by atoms with Gasteiger partial charge in [0.2, 0.25) is 0 Å². The number of amides is 1. The lowest BCUT2D eigenvalue weighted by Crippen LogP contribution is -2.20. The van der Waals surface area contributed by atoms with Crippen molar-refractivity contribution in [3.63, 3.8) is 0 Å². The molecule has 32 heavy (non-hydrogen) atoms. The second kappa shape index (κ2) is 11.2. The molecular weight excluding hydrogens is 430 g/mol. The van der Waals surface area contributed by atoms with Crippen molar-refractivity contribution in [2.75, 3.05) is 27.1 Å². The number of carbonyl (C=O) groups excluding carboxylic acids is 1. The molecule has 0 bridgehead atoms. The molecule has 3 rings (SSSR count). The lowest BCUT2D eigenvalue weighted by molar-refractivity contribution is -0.118. The first-order chi connectivity index (χ1) is 15.6. The van der Waals surface area contributed by atoms with Crippen LogP contribution in [0.15, 0.2) is 52.7 Å². The molecule has 168 valence electrons. The number of nitrogens with zero attached hydrogens (tertiary/aromatic N) is 4. The number of thioether (sulfide) groups is 1. The van der Waals surface area contributed by atoms with Gasteiger partial charge in [0, 0.05) is 17.7 Å². The standard InChI is InChI=1S/C22H25N5O4S/c1-5-27-21(15-9-11-17(29-2)12-10-15)25-26-22(27)32-14-19(28)24-23-13-16-7-6-8-18(30-3)20(16)31-4/h6-13H,5,14H2,1-4H3,(H,24,28). The van der Waals surface area contributed by atoms with Crippen LogP contribution in [0.1, 0.15) is 12.5 Å². The van der Waals surface area contributed by atoms with Gasteiger partial charge in [0.15, 0.2) is 22.5 Å². The maximum atomic E-state index is 12.3. The normalized spacial score (nSPS) is 10.9. The van der Waals surface area contributed by atoms with Crippen LogP contribution >= 0.6 is 11.8 Å². The van der Waals surface area contributed by atoms with Crippen LogP contribution < -0.4 is 19.6 Å². The molecule has 0 atom stereocenters. The Morgan fingerprint density at radius 2 is 1.88 bits per heavy atom. The monoisotopic (exact) mass is 455 g/mol. The zero-order valence-electron chi connectivity index (χ0n) is 18.4. The van der Waals surface area contributed by atoms with Crippen molar-refractivity contribution in [2.24, 2.45) is 5.10 Å². The fourth-order valence-electron chi connectivity index (χ4n) is 2.98. The highest BCUT2D eigenvalue weighted by Crippen LogP contribution is 2.29. The number of hydrogen-bond acceptors (Lipinski definition) is 8. The number of hydrazone groups is 1. The van der Waals surface area contributed by atoms with Crippen LogP contribution in [0, 0.1) is 0 Å². The minimum Gasteiger partial charge on any atom is -0.497 e. The van der Waals surface area contributed by atoms with Gasteiger partial charge in [0.05, 0.1) is 33.3 Å². The summed E-state index contributed by atoms with van der Waals surface area (Å²) in [5.41, 5.74) is 4.13. The average Bonchev–Trinajstić information content (AvgIpc) is 3.25. The molecule has 0 spiro atoms. The summed E-state index contributed by atoms with van der Waals surface area (Å²) in [5, 5.41) is 13.2. The molecule has 10 heteroatoms. The Balaban J connectivity index is 1.62. The van der Waals surface area contributed by atoms with Crippen molar-refractivity contribution in [1.82, 2.24) is 20.2 Å². The molecule has 1 amide bonds. The summed E-state index contributed by atoms with van der Waals surface area (Å²) in [6.45, 7) is 2.68. The Bertz CT molecular complexity index is 1080. The summed E-state index contributed by atoms with van der Waals surface area (Å²) in [7, 11) is 4.74. The van der Waals surface area contributed by atoms with Gasteiger partial charge in [-0.15, -0.1) is 10.2 Å². The lowest BCUT2D eigenvalue weighted by Gasteiger charge is -2.09. The van der Waals surface area contributed by atoms with Crippen LogP contribution in [-0.2, 0) is 11.3 Å². The Morgan fingerprint density at radius 3 is 2.53 bits per heavy atom. The third-order valence-corrected chi connectivity index (χ3v) is 5.51. The zero-order valence-corrected chi connectivity index (χ0v) is 19.2. The predicted octanol–water partition coefficient (Wildman–Crippen LogP) is 3.23. The molecule has 0 aliphatic rings. The topological polar surface area (TPSA) is 99.9 Å². The SMILES string of the molecule is CCn1c(SCC(=O)NN=Cc2cccc(OC)c2OC)nnc1-c1ccc(OC)cc1. The molecule has 0 saturated carbocycles. The van der Waals surface area contributed by atoms with E-state index in [1.54, 1.807) is 27.4 Å². The first-order valence-electron chi connectivity index (χ1n) is 9.84. The van der Waals surface area contributed by atoms with E-state index in [1.807, 2.05) is 47.9 Å². The number of aromatic nitrogens is 3. The van der Waals surface area contributed by atoms with Gasteiger partial charge in [0.1, 0.15) is 5.75 Å². The van der Waals surface area contributed by atoms with Crippen molar-refractivity contribution in [1.29, 1.82) is 0 Å². The summed E-state index contributed by atoms with van der Waals surface area (Å²) in [4.78, 5) is 12.3. The molecular formula is C22H25N5O4S. The van der Waals surface area contributed by atoms with E-state index in [0.29, 0.717) is 28.8 Å². The van der Waals surface area contributed by atoms with Crippen LogP contribution in [0.2, 0.25) is 0 Å². The quantitative estimate of drug-likeness (QED) is 0.285. The first kappa shape index (κ1) is 23.1. The fourth-order valence-corrected chi connectivity index (χ4v) is 3.78. The number of para-hydroxylation sites is 1. The fraction of sp³-hybridized carbons (Fsp3) is 0.273. The highest BCUT2D eigenvalue weighted by atomic mass is 32.2. The second-order valence-electron chi connectivity index (χ2n) is 6.44. The van der Waals surface area contributed by atoms with Crippen molar-refractivity contribution >= 4 is 23.9 Å². The molecule has 1 heterocycles. The number of carbonyl (C=O) groups is 1. The Labute approximate surface area is 190 Å². The highest BCUT2D eigenvalue weighted by Gasteiger charge is 2.15.